The van der Waals surface area contributed by atoms with Crippen LogP contribution in [-0.4, -0.2) is 76.3 Å². The molecule has 0 radical (unpaired) electrons. The van der Waals surface area contributed by atoms with E-state index in [0.29, 0.717) is 40.5 Å². The summed E-state index contributed by atoms with van der Waals surface area (Å²) in [6.07, 6.45) is 27.8. The van der Waals surface area contributed by atoms with Crippen molar-refractivity contribution in [3.8, 4) is 17.3 Å². The average Bonchev–Trinajstić information content (AvgIpc) is 3.71. The number of amides is 1. The third-order valence-corrected chi connectivity index (χ3v) is 11.0. The van der Waals surface area contributed by atoms with Crippen molar-refractivity contribution in [1.29, 1.82) is 0 Å². The maximum absolute atomic E-state index is 14.9. The largest absolute Gasteiger partial charge is 0.480 e. The predicted molar refractivity (Wildman–Crippen MR) is 233 cm³/mol. The van der Waals surface area contributed by atoms with Gasteiger partial charge in [-0.2, -0.15) is 4.98 Å². The monoisotopic (exact) mass is 799 g/mol. The van der Waals surface area contributed by atoms with Crippen LogP contribution in [0, 0.1) is 0 Å². The molecule has 1 amide bonds. The lowest BCUT2D eigenvalue weighted by Crippen LogP contribution is -2.43. The van der Waals surface area contributed by atoms with Gasteiger partial charge in [0.1, 0.15) is 11.9 Å². The minimum Gasteiger partial charge on any atom is -0.480 e. The number of imidazole rings is 1. The van der Waals surface area contributed by atoms with Crippen LogP contribution in [0.4, 0.5) is 5.95 Å². The van der Waals surface area contributed by atoms with Gasteiger partial charge < -0.3 is 23.8 Å². The molecule has 2 aliphatic heterocycles. The topological polar surface area (TPSA) is 88.9 Å². The summed E-state index contributed by atoms with van der Waals surface area (Å²) in [5.41, 5.74) is 4.56. The molecule has 11 heteroatoms. The van der Waals surface area contributed by atoms with Gasteiger partial charge in [0, 0.05) is 51.2 Å². The molecule has 1 aromatic carbocycles. The van der Waals surface area contributed by atoms with Crippen LogP contribution < -0.4 is 9.64 Å². The first-order valence-electron chi connectivity index (χ1n) is 21.3. The number of rotatable bonds is 23. The van der Waals surface area contributed by atoms with E-state index in [1.807, 2.05) is 55.2 Å². The van der Waals surface area contributed by atoms with E-state index in [1.54, 1.807) is 13.3 Å². The Morgan fingerprint density at radius 3 is 2.16 bits per heavy atom. The molecule has 0 fully saturated rings. The lowest BCUT2D eigenvalue weighted by Gasteiger charge is -2.39. The number of aromatic nitrogens is 4. The number of unbranched alkanes of at least 4 members (excludes halogenated alkanes) is 12. The highest BCUT2D eigenvalue weighted by Gasteiger charge is 2.48. The van der Waals surface area contributed by atoms with Crippen LogP contribution in [0.3, 0.4) is 0 Å². The summed E-state index contributed by atoms with van der Waals surface area (Å²) in [5, 5.41) is 0.628. The number of benzene rings is 1. The average molecular weight is 801 g/mol. The standard InChI is InChI=1S/C46H66ClN7O3/c1-9-10-11-12-13-14-15-16-17-18-19-20-21-22-23-24-29-57-45-38(30-34(4)32-52(45)7)54-40(35-25-27-36(47)28-26-35)41-39(44(54)55)49-42(53(41)33(2)3)37-31-48-46(51(5)6)50-43(37)56-8/h16-17,25-28,30-33,40,45H,9-15,18-24,29H2,1-8H3/b17-16-. The number of allylic oxidation sites excluding steroid dienone is 4. The van der Waals surface area contributed by atoms with Gasteiger partial charge in [0.15, 0.2) is 11.9 Å². The van der Waals surface area contributed by atoms with Gasteiger partial charge in [0.2, 0.25) is 11.8 Å². The second-order valence-corrected chi connectivity index (χ2v) is 16.5. The zero-order valence-electron chi connectivity index (χ0n) is 35.8. The first-order valence-corrected chi connectivity index (χ1v) is 21.6. The fourth-order valence-electron chi connectivity index (χ4n) is 7.91. The smallest absolute Gasteiger partial charge is 0.279 e. The summed E-state index contributed by atoms with van der Waals surface area (Å²) in [4.78, 5) is 34.9. The van der Waals surface area contributed by atoms with Crippen LogP contribution in [0.25, 0.3) is 11.4 Å². The summed E-state index contributed by atoms with van der Waals surface area (Å²) in [5.74, 6) is 1.31. The van der Waals surface area contributed by atoms with E-state index < -0.39 is 12.3 Å². The molecular formula is C46H66ClN7O3. The molecule has 0 bridgehead atoms. The van der Waals surface area contributed by atoms with E-state index in [2.05, 4.69) is 71.6 Å². The van der Waals surface area contributed by atoms with Crippen molar-refractivity contribution in [2.24, 2.45) is 0 Å². The van der Waals surface area contributed by atoms with Crippen molar-refractivity contribution < 1.29 is 14.3 Å². The fraction of sp³-hybridized carbons (Fsp3) is 0.565. The molecule has 2 atom stereocenters. The quantitative estimate of drug-likeness (QED) is 0.0692. The fourth-order valence-corrected chi connectivity index (χ4v) is 8.03. The van der Waals surface area contributed by atoms with Crippen molar-refractivity contribution in [1.82, 2.24) is 29.3 Å². The van der Waals surface area contributed by atoms with E-state index in [9.17, 15) is 4.79 Å². The third-order valence-electron chi connectivity index (χ3n) is 10.8. The lowest BCUT2D eigenvalue weighted by molar-refractivity contribution is -0.0219. The summed E-state index contributed by atoms with van der Waals surface area (Å²) >= 11 is 6.41. The highest BCUT2D eigenvalue weighted by molar-refractivity contribution is 6.30. The second-order valence-electron chi connectivity index (χ2n) is 16.0. The Bertz CT molecular complexity index is 1850. The first-order chi connectivity index (χ1) is 27.6. The number of hydrogen-bond acceptors (Lipinski definition) is 8. The molecule has 0 aliphatic carbocycles. The number of nitrogens with zero attached hydrogens (tertiary/aromatic N) is 7. The van der Waals surface area contributed by atoms with Gasteiger partial charge in [-0.05, 0) is 82.2 Å². The highest BCUT2D eigenvalue weighted by atomic mass is 35.5. The Labute approximate surface area is 347 Å². The predicted octanol–water partition coefficient (Wildman–Crippen LogP) is 11.3. The van der Waals surface area contributed by atoms with Crippen molar-refractivity contribution in [3.63, 3.8) is 0 Å². The summed E-state index contributed by atoms with van der Waals surface area (Å²) in [6.45, 7) is 9.12. The number of carbonyl (C=O) groups excluding carboxylic acids is 1. The lowest BCUT2D eigenvalue weighted by atomic mass is 10.0. The van der Waals surface area contributed by atoms with Crippen molar-refractivity contribution in [3.05, 3.63) is 88.1 Å². The van der Waals surface area contributed by atoms with Crippen molar-refractivity contribution >= 4 is 23.5 Å². The molecule has 0 saturated carbocycles. The Kier molecular flexibility index (Phi) is 16.6. The number of ether oxygens (including phenoxy) is 2. The van der Waals surface area contributed by atoms with E-state index in [0.717, 1.165) is 35.4 Å². The first kappa shape index (κ1) is 44.0. The van der Waals surface area contributed by atoms with Gasteiger partial charge in [-0.25, -0.2) is 9.97 Å². The van der Waals surface area contributed by atoms with Crippen LogP contribution in [0.1, 0.15) is 151 Å². The maximum atomic E-state index is 14.9. The molecule has 5 rings (SSSR count). The number of halogens is 1. The Morgan fingerprint density at radius 2 is 1.54 bits per heavy atom. The number of carbonyl (C=O) groups is 1. The minimum absolute atomic E-state index is 0.0555. The van der Waals surface area contributed by atoms with Crippen LogP contribution in [-0.2, 0) is 4.74 Å². The molecule has 10 nitrogen and oxygen atoms in total. The van der Waals surface area contributed by atoms with Gasteiger partial charge in [0.05, 0.1) is 24.1 Å². The van der Waals surface area contributed by atoms with Gasteiger partial charge in [-0.15, -0.1) is 0 Å². The molecule has 3 aromatic rings. The van der Waals surface area contributed by atoms with E-state index in [4.69, 9.17) is 26.1 Å². The SMILES string of the molecule is CCCCCCCC/C=C\CCCCCCCCOC1C(N2C(=O)c3nc(-c4cnc(N(C)C)nc4OC)n(C(C)C)c3C2c2ccc(Cl)cc2)=CC(C)=CN1C. The van der Waals surface area contributed by atoms with E-state index in [-0.39, 0.29) is 11.9 Å². The zero-order valence-corrected chi connectivity index (χ0v) is 36.5. The molecule has 0 N–H and O–H groups in total. The van der Waals surface area contributed by atoms with Gasteiger partial charge in [-0.1, -0.05) is 101 Å². The molecular weight excluding hydrogens is 734 g/mol. The minimum atomic E-state index is -0.483. The van der Waals surface area contributed by atoms with E-state index in [1.165, 1.54) is 77.0 Å². The van der Waals surface area contributed by atoms with Gasteiger partial charge in [-0.3, -0.25) is 9.69 Å². The molecule has 4 heterocycles. The number of fused-ring (bicyclic) bond motifs is 1. The second kappa shape index (κ2) is 21.6. The highest BCUT2D eigenvalue weighted by Crippen LogP contribution is 2.46. The Morgan fingerprint density at radius 1 is 0.912 bits per heavy atom. The van der Waals surface area contributed by atoms with Crippen molar-refractivity contribution in [2.45, 2.75) is 136 Å². The normalized spacial score (nSPS) is 16.8. The molecule has 0 saturated heterocycles. The van der Waals surface area contributed by atoms with Crippen LogP contribution in [0.15, 0.2) is 66.2 Å². The Hall–Kier alpha value is -4.15. The molecule has 2 aromatic heterocycles. The third kappa shape index (κ3) is 11.1. The Balaban J connectivity index is 1.28. The molecule has 2 unspecified atom stereocenters. The number of anilines is 1. The maximum Gasteiger partial charge on any atom is 0.279 e. The van der Waals surface area contributed by atoms with Crippen molar-refractivity contribution in [2.75, 3.05) is 39.8 Å². The van der Waals surface area contributed by atoms with E-state index >= 15 is 0 Å². The number of hydrogen-bond donors (Lipinski definition) is 0. The summed E-state index contributed by atoms with van der Waals surface area (Å²) in [7, 11) is 7.37. The number of likely N-dealkylation sites (N-methyl/N-ethyl adjacent to an activating group) is 1. The van der Waals surface area contributed by atoms with Gasteiger partial charge >= 0.3 is 0 Å². The van der Waals surface area contributed by atoms with Crippen LogP contribution in [0.5, 0.6) is 5.88 Å². The molecule has 2 aliphatic rings. The summed E-state index contributed by atoms with van der Waals surface area (Å²) < 4.78 is 14.6. The van der Waals surface area contributed by atoms with Crippen LogP contribution >= 0.6 is 11.6 Å². The van der Waals surface area contributed by atoms with Crippen LogP contribution in [0.2, 0.25) is 5.02 Å². The molecule has 310 valence electrons. The summed E-state index contributed by atoms with van der Waals surface area (Å²) in [6, 6.07) is 7.20. The zero-order chi connectivity index (χ0) is 40.9. The molecule has 57 heavy (non-hydrogen) atoms. The number of methoxy groups -OCH3 is 1. The van der Waals surface area contributed by atoms with Gasteiger partial charge in [0.25, 0.3) is 5.91 Å². The molecule has 0 spiro atoms.